The van der Waals surface area contributed by atoms with Crippen molar-refractivity contribution in [3.05, 3.63) is 29.6 Å². The summed E-state index contributed by atoms with van der Waals surface area (Å²) in [6, 6.07) is 5.86. The minimum atomic E-state index is 0.00509. The first-order valence-corrected chi connectivity index (χ1v) is 6.31. The summed E-state index contributed by atoms with van der Waals surface area (Å²) in [6.45, 7) is 3.21. The van der Waals surface area contributed by atoms with Crippen LogP contribution in [0.3, 0.4) is 0 Å². The van der Waals surface area contributed by atoms with Gasteiger partial charge in [0.25, 0.3) is 0 Å². The number of ketones is 1. The van der Waals surface area contributed by atoms with Crippen LogP contribution in [0.5, 0.6) is 0 Å². The molecule has 2 heterocycles. The molecule has 2 rings (SSSR count). The maximum absolute atomic E-state index is 11.6. The van der Waals surface area contributed by atoms with Gasteiger partial charge >= 0.3 is 0 Å². The zero-order valence-electron chi connectivity index (χ0n) is 10.6. The largest absolute Gasteiger partial charge is 0.298 e. The van der Waals surface area contributed by atoms with Gasteiger partial charge in [-0.3, -0.25) is 9.69 Å². The van der Waals surface area contributed by atoms with Crippen molar-refractivity contribution >= 4 is 5.78 Å². The fraction of sp³-hybridized carbons (Fsp3) is 0.500. The van der Waals surface area contributed by atoms with Crippen molar-refractivity contribution in [2.75, 3.05) is 6.54 Å². The lowest BCUT2D eigenvalue weighted by atomic mass is 9.98. The predicted octanol–water partition coefficient (Wildman–Crippen LogP) is 1.90. The van der Waals surface area contributed by atoms with Crippen molar-refractivity contribution in [3.63, 3.8) is 0 Å². The van der Waals surface area contributed by atoms with Crippen LogP contribution in [0.4, 0.5) is 0 Å². The zero-order chi connectivity index (χ0) is 13.0. The molecule has 1 atom stereocenters. The number of carbonyl (C=O) groups is 1. The fourth-order valence-electron chi connectivity index (χ4n) is 2.53. The SMILES string of the molecule is CC(=O)C1CCCCN1Cc1cccnc1C#N. The molecule has 4 heteroatoms. The molecule has 0 saturated carbocycles. The van der Waals surface area contributed by atoms with Crippen molar-refractivity contribution in [3.8, 4) is 6.07 Å². The number of nitriles is 1. The second kappa shape index (κ2) is 5.74. The van der Waals surface area contributed by atoms with Crippen molar-refractivity contribution in [1.29, 1.82) is 5.26 Å². The molecular weight excluding hydrogens is 226 g/mol. The quantitative estimate of drug-likeness (QED) is 0.813. The molecule has 1 unspecified atom stereocenters. The molecule has 18 heavy (non-hydrogen) atoms. The van der Waals surface area contributed by atoms with Crippen LogP contribution in [0.2, 0.25) is 0 Å². The number of aromatic nitrogens is 1. The van der Waals surface area contributed by atoms with Crippen LogP contribution in [0, 0.1) is 11.3 Å². The molecule has 1 saturated heterocycles. The predicted molar refractivity (Wildman–Crippen MR) is 67.7 cm³/mol. The molecule has 0 radical (unpaired) electrons. The van der Waals surface area contributed by atoms with Crippen LogP contribution in [-0.2, 0) is 11.3 Å². The monoisotopic (exact) mass is 243 g/mol. The van der Waals surface area contributed by atoms with Gasteiger partial charge in [0.15, 0.2) is 0 Å². The van der Waals surface area contributed by atoms with Crippen molar-refractivity contribution < 1.29 is 4.79 Å². The molecule has 0 amide bonds. The highest BCUT2D eigenvalue weighted by atomic mass is 16.1. The number of likely N-dealkylation sites (tertiary alicyclic amines) is 1. The normalized spacial score (nSPS) is 20.3. The molecule has 1 aliphatic rings. The van der Waals surface area contributed by atoms with E-state index in [-0.39, 0.29) is 11.8 Å². The lowest BCUT2D eigenvalue weighted by Crippen LogP contribution is -2.43. The summed E-state index contributed by atoms with van der Waals surface area (Å²) in [5.74, 6) is 0.220. The first kappa shape index (κ1) is 12.7. The summed E-state index contributed by atoms with van der Waals surface area (Å²) < 4.78 is 0. The van der Waals surface area contributed by atoms with Crippen molar-refractivity contribution in [2.24, 2.45) is 0 Å². The van der Waals surface area contributed by atoms with Crippen molar-refractivity contribution in [1.82, 2.24) is 9.88 Å². The van der Waals surface area contributed by atoms with Gasteiger partial charge in [0, 0.05) is 18.3 Å². The van der Waals surface area contributed by atoms with E-state index in [0.29, 0.717) is 12.2 Å². The molecule has 1 aromatic rings. The Bertz CT molecular complexity index is 478. The summed E-state index contributed by atoms with van der Waals surface area (Å²) in [6.07, 6.45) is 4.78. The van der Waals surface area contributed by atoms with E-state index in [1.165, 1.54) is 0 Å². The summed E-state index contributed by atoms with van der Waals surface area (Å²) >= 11 is 0. The Morgan fingerprint density at radius 2 is 2.44 bits per heavy atom. The van der Waals surface area contributed by atoms with E-state index in [1.54, 1.807) is 13.1 Å². The molecule has 1 aromatic heterocycles. The molecule has 1 fully saturated rings. The Labute approximate surface area is 107 Å². The molecular formula is C14H17N3O. The zero-order valence-corrected chi connectivity index (χ0v) is 10.6. The summed E-state index contributed by atoms with van der Waals surface area (Å²) in [5.41, 5.74) is 1.37. The molecule has 94 valence electrons. The lowest BCUT2D eigenvalue weighted by Gasteiger charge is -2.34. The van der Waals surface area contributed by atoms with Gasteiger partial charge in [-0.2, -0.15) is 5.26 Å². The van der Waals surface area contributed by atoms with Gasteiger partial charge < -0.3 is 0 Å². The highest BCUT2D eigenvalue weighted by Crippen LogP contribution is 2.21. The highest BCUT2D eigenvalue weighted by molar-refractivity contribution is 5.81. The number of piperidine rings is 1. The van der Waals surface area contributed by atoms with Gasteiger partial charge in [-0.05, 0) is 32.4 Å². The van der Waals surface area contributed by atoms with Crippen LogP contribution in [0.25, 0.3) is 0 Å². The number of nitrogens with zero attached hydrogens (tertiary/aromatic N) is 3. The Morgan fingerprint density at radius 1 is 1.61 bits per heavy atom. The van der Waals surface area contributed by atoms with E-state index < -0.39 is 0 Å². The molecule has 0 aromatic carbocycles. The second-order valence-electron chi connectivity index (χ2n) is 4.72. The third kappa shape index (κ3) is 2.74. The highest BCUT2D eigenvalue weighted by Gasteiger charge is 2.26. The Balaban J connectivity index is 2.16. The molecule has 0 aliphatic carbocycles. The van der Waals surface area contributed by atoms with E-state index in [9.17, 15) is 4.79 Å². The van der Waals surface area contributed by atoms with E-state index >= 15 is 0 Å². The number of hydrogen-bond donors (Lipinski definition) is 0. The summed E-state index contributed by atoms with van der Waals surface area (Å²) in [4.78, 5) is 17.9. The van der Waals surface area contributed by atoms with Crippen LogP contribution >= 0.6 is 0 Å². The van der Waals surface area contributed by atoms with Crippen LogP contribution in [0.1, 0.15) is 37.4 Å². The van der Waals surface area contributed by atoms with Gasteiger partial charge in [0.2, 0.25) is 0 Å². The Kier molecular flexibility index (Phi) is 4.06. The van der Waals surface area contributed by atoms with Gasteiger partial charge in [-0.25, -0.2) is 4.98 Å². The van der Waals surface area contributed by atoms with Crippen LogP contribution in [-0.4, -0.2) is 28.3 Å². The van der Waals surface area contributed by atoms with E-state index in [0.717, 1.165) is 31.4 Å². The smallest absolute Gasteiger partial charge is 0.146 e. The van der Waals surface area contributed by atoms with Gasteiger partial charge in [0.1, 0.15) is 17.5 Å². The van der Waals surface area contributed by atoms with Gasteiger partial charge in [-0.15, -0.1) is 0 Å². The number of rotatable bonds is 3. The Morgan fingerprint density at radius 3 is 3.17 bits per heavy atom. The molecule has 0 bridgehead atoms. The molecule has 0 N–H and O–H groups in total. The molecule has 1 aliphatic heterocycles. The maximum Gasteiger partial charge on any atom is 0.146 e. The molecule has 0 spiro atoms. The van der Waals surface area contributed by atoms with Crippen LogP contribution < -0.4 is 0 Å². The average molecular weight is 243 g/mol. The number of pyridine rings is 1. The topological polar surface area (TPSA) is 57.0 Å². The van der Waals surface area contributed by atoms with Crippen LogP contribution in [0.15, 0.2) is 18.3 Å². The van der Waals surface area contributed by atoms with Crippen molar-refractivity contribution in [2.45, 2.75) is 38.8 Å². The first-order valence-electron chi connectivity index (χ1n) is 6.31. The fourth-order valence-corrected chi connectivity index (χ4v) is 2.53. The van der Waals surface area contributed by atoms with E-state index in [4.69, 9.17) is 5.26 Å². The number of Topliss-reactive ketones (excluding diaryl/α,β-unsaturated/α-hetero) is 1. The third-order valence-electron chi connectivity index (χ3n) is 3.45. The van der Waals surface area contributed by atoms with E-state index in [2.05, 4.69) is 16.0 Å². The minimum Gasteiger partial charge on any atom is -0.298 e. The minimum absolute atomic E-state index is 0.00509. The molecule has 4 nitrogen and oxygen atoms in total. The summed E-state index contributed by atoms with van der Waals surface area (Å²) in [7, 11) is 0. The van der Waals surface area contributed by atoms with Gasteiger partial charge in [0.05, 0.1) is 6.04 Å². The summed E-state index contributed by atoms with van der Waals surface area (Å²) in [5, 5.41) is 9.03. The number of carbonyl (C=O) groups excluding carboxylic acids is 1. The average Bonchev–Trinajstić information content (AvgIpc) is 2.40. The van der Waals surface area contributed by atoms with E-state index in [1.807, 2.05) is 12.1 Å². The van der Waals surface area contributed by atoms with Gasteiger partial charge in [-0.1, -0.05) is 12.5 Å². The first-order chi connectivity index (χ1) is 8.72. The lowest BCUT2D eigenvalue weighted by molar-refractivity contribution is -0.123. The standard InChI is InChI=1S/C14H17N3O/c1-11(18)14-6-2-3-8-17(14)10-12-5-4-7-16-13(12)9-15/h4-5,7,14H,2-3,6,8,10H2,1H3. The second-order valence-corrected chi connectivity index (χ2v) is 4.72. The Hall–Kier alpha value is -1.73. The number of hydrogen-bond acceptors (Lipinski definition) is 4. The third-order valence-corrected chi connectivity index (χ3v) is 3.45. The maximum atomic E-state index is 11.6.